The van der Waals surface area contributed by atoms with Crippen LogP contribution in [0.3, 0.4) is 0 Å². The highest BCUT2D eigenvalue weighted by molar-refractivity contribution is 7.47. The van der Waals surface area contributed by atoms with Gasteiger partial charge < -0.3 is 20.1 Å². The number of phosphoric acid groups is 1. The fraction of sp³-hybridized carbons (Fsp3) is 0.797. The van der Waals surface area contributed by atoms with Gasteiger partial charge in [-0.15, -0.1) is 0 Å². The molecule has 3 N–H and O–H groups in total. The highest BCUT2D eigenvalue weighted by atomic mass is 31.2. The van der Waals surface area contributed by atoms with Crippen molar-refractivity contribution >= 4 is 19.8 Å². The third kappa shape index (κ3) is 74.1. The van der Waals surface area contributed by atoms with Gasteiger partial charge in [0.2, 0.25) is 0 Å². The summed E-state index contributed by atoms with van der Waals surface area (Å²) in [7, 11) is -4.40. The number of rotatable bonds is 72. The van der Waals surface area contributed by atoms with Crippen LogP contribution in [0.25, 0.3) is 0 Å². The number of hydrogen-bond acceptors (Lipinski definition) is 8. The average Bonchev–Trinajstić information content (AvgIpc) is 3.68. The second-order valence-corrected chi connectivity index (χ2v) is 26.9. The molecular formula is C79H144NO8P. The summed E-state index contributed by atoms with van der Waals surface area (Å²) in [6, 6.07) is 0. The van der Waals surface area contributed by atoms with Gasteiger partial charge in [-0.05, 0) is 89.9 Å². The van der Waals surface area contributed by atoms with Crippen LogP contribution in [0, 0.1) is 0 Å². The predicted octanol–water partition coefficient (Wildman–Crippen LogP) is 25.3. The third-order valence-electron chi connectivity index (χ3n) is 16.8. The van der Waals surface area contributed by atoms with Crippen molar-refractivity contribution in [3.8, 4) is 0 Å². The van der Waals surface area contributed by atoms with Crippen LogP contribution < -0.4 is 5.73 Å². The van der Waals surface area contributed by atoms with E-state index in [0.29, 0.717) is 6.42 Å². The monoisotopic (exact) mass is 1270 g/mol. The molecule has 0 radical (unpaired) electrons. The van der Waals surface area contributed by atoms with Crippen LogP contribution in [0.15, 0.2) is 85.1 Å². The van der Waals surface area contributed by atoms with Gasteiger partial charge in [0.15, 0.2) is 6.10 Å². The van der Waals surface area contributed by atoms with Gasteiger partial charge in [-0.3, -0.25) is 18.6 Å². The number of nitrogens with two attached hydrogens (primary N) is 1. The van der Waals surface area contributed by atoms with E-state index in [1.54, 1.807) is 0 Å². The highest BCUT2D eigenvalue weighted by Gasteiger charge is 2.26. The van der Waals surface area contributed by atoms with Crippen molar-refractivity contribution in [2.45, 2.75) is 380 Å². The lowest BCUT2D eigenvalue weighted by Gasteiger charge is -2.19. The minimum absolute atomic E-state index is 0.0536. The van der Waals surface area contributed by atoms with Crippen LogP contribution >= 0.6 is 7.82 Å². The van der Waals surface area contributed by atoms with Crippen LogP contribution in [0.1, 0.15) is 373 Å². The molecule has 2 atom stereocenters. The van der Waals surface area contributed by atoms with Crippen LogP contribution in [0.2, 0.25) is 0 Å². The van der Waals surface area contributed by atoms with E-state index < -0.39 is 26.5 Å². The molecule has 0 aliphatic carbocycles. The highest BCUT2D eigenvalue weighted by Crippen LogP contribution is 2.43. The van der Waals surface area contributed by atoms with Gasteiger partial charge in [0.1, 0.15) is 6.61 Å². The standard InChI is InChI=1S/C79H144NO8P/c1-3-5-7-9-11-13-15-17-19-21-23-25-27-29-31-33-35-36-37-38-39-40-42-43-45-47-49-51-53-55-57-59-61-63-65-67-69-71-78(81)85-75-77(76-87-89(83,84)86-74-73-80)88-79(82)72-70-68-66-64-62-60-58-56-54-52-50-48-46-44-41-34-32-30-28-26-24-22-20-18-16-14-12-10-8-6-4-2/h6,8,12,14-15,17-18,20-21,23-24,26-27,29,77H,3-5,7,9-11,13,16,19,22,25,28,30-76,80H2,1-2H3,(H,83,84)/b8-6-,14-12-,17-15-,20-18-,23-21-,26-24-,29-27-. The summed E-state index contributed by atoms with van der Waals surface area (Å²) in [5.74, 6) is -0.810. The fourth-order valence-corrected chi connectivity index (χ4v) is 11.9. The normalized spacial score (nSPS) is 13.3. The maximum Gasteiger partial charge on any atom is 0.472 e. The summed E-state index contributed by atoms with van der Waals surface area (Å²) in [4.78, 5) is 35.4. The van der Waals surface area contributed by atoms with Crippen molar-refractivity contribution in [1.82, 2.24) is 0 Å². The molecule has 0 aliphatic heterocycles. The lowest BCUT2D eigenvalue weighted by molar-refractivity contribution is -0.161. The second kappa shape index (κ2) is 74.2. The molecule has 0 spiro atoms. The summed E-state index contributed by atoms with van der Waals surface area (Å²) in [5, 5.41) is 0. The minimum Gasteiger partial charge on any atom is -0.462 e. The Labute approximate surface area is 551 Å². The molecule has 0 saturated heterocycles. The second-order valence-electron chi connectivity index (χ2n) is 25.5. The molecule has 10 heteroatoms. The first-order chi connectivity index (χ1) is 43.8. The van der Waals surface area contributed by atoms with Crippen molar-refractivity contribution < 1.29 is 37.6 Å². The predicted molar refractivity (Wildman–Crippen MR) is 386 cm³/mol. The Kier molecular flexibility index (Phi) is 71.9. The maximum absolute atomic E-state index is 12.8. The van der Waals surface area contributed by atoms with Crippen molar-refractivity contribution in [1.29, 1.82) is 0 Å². The number of unbranched alkanes of at least 4 members (excludes halogenated alkanes) is 45. The lowest BCUT2D eigenvalue weighted by Crippen LogP contribution is -2.29. The Balaban J connectivity index is 3.79. The van der Waals surface area contributed by atoms with E-state index in [1.165, 1.54) is 263 Å². The molecule has 0 rings (SSSR count). The number of esters is 2. The summed E-state index contributed by atoms with van der Waals surface area (Å²) in [5.41, 5.74) is 5.41. The largest absolute Gasteiger partial charge is 0.472 e. The number of ether oxygens (including phenoxy) is 2. The molecule has 0 aromatic rings. The number of allylic oxidation sites excluding steroid dienone is 14. The quantitative estimate of drug-likeness (QED) is 0.0264. The summed E-state index contributed by atoms with van der Waals surface area (Å²) in [6.07, 6.45) is 99.9. The zero-order valence-corrected chi connectivity index (χ0v) is 59.3. The molecule has 518 valence electrons. The molecule has 0 fully saturated rings. The third-order valence-corrected chi connectivity index (χ3v) is 17.7. The van der Waals surface area contributed by atoms with Crippen molar-refractivity contribution in [2.24, 2.45) is 5.73 Å². The molecule has 0 amide bonds. The van der Waals surface area contributed by atoms with E-state index in [-0.39, 0.29) is 38.6 Å². The minimum atomic E-state index is -4.40. The number of carbonyl (C=O) groups excluding carboxylic acids is 2. The molecular weight excluding hydrogens is 1120 g/mol. The topological polar surface area (TPSA) is 134 Å². The Morgan fingerprint density at radius 2 is 0.618 bits per heavy atom. The van der Waals surface area contributed by atoms with Crippen LogP contribution in [0.4, 0.5) is 0 Å². The molecule has 0 aliphatic rings. The van der Waals surface area contributed by atoms with Gasteiger partial charge in [-0.25, -0.2) is 4.57 Å². The smallest absolute Gasteiger partial charge is 0.462 e. The summed E-state index contributed by atoms with van der Waals surface area (Å²) >= 11 is 0. The van der Waals surface area contributed by atoms with Gasteiger partial charge >= 0.3 is 19.8 Å². The Hall–Kier alpha value is -2.81. The summed E-state index contributed by atoms with van der Waals surface area (Å²) < 4.78 is 33.3. The number of carbonyl (C=O) groups is 2. The molecule has 89 heavy (non-hydrogen) atoms. The Bertz CT molecular complexity index is 1740. The van der Waals surface area contributed by atoms with Crippen LogP contribution in [-0.4, -0.2) is 49.3 Å². The SMILES string of the molecule is CC/C=C\C/C=C\C/C=C\C/C=C\CCCCCCCCCCCCCCCCCCCCC(=O)OC(COC(=O)CCCCCCCCCCCCCCCCCCCCCCCC/C=C\C/C=C\C/C=C\CCCCCCC)COP(=O)(O)OCCN. The van der Waals surface area contributed by atoms with E-state index in [2.05, 4.69) is 98.9 Å². The van der Waals surface area contributed by atoms with Crippen molar-refractivity contribution in [3.63, 3.8) is 0 Å². The Morgan fingerprint density at radius 3 is 0.921 bits per heavy atom. The zero-order valence-electron chi connectivity index (χ0n) is 58.4. The van der Waals surface area contributed by atoms with E-state index in [0.717, 1.165) is 77.0 Å². The van der Waals surface area contributed by atoms with Crippen LogP contribution in [-0.2, 0) is 32.7 Å². The first-order valence-electron chi connectivity index (χ1n) is 38.1. The summed E-state index contributed by atoms with van der Waals surface area (Å²) in [6.45, 7) is 3.68. The van der Waals surface area contributed by atoms with Gasteiger partial charge in [0, 0.05) is 19.4 Å². The zero-order chi connectivity index (χ0) is 64.4. The first-order valence-corrected chi connectivity index (χ1v) is 39.6. The van der Waals surface area contributed by atoms with Crippen molar-refractivity contribution in [2.75, 3.05) is 26.4 Å². The van der Waals surface area contributed by atoms with Gasteiger partial charge in [0.25, 0.3) is 0 Å². The van der Waals surface area contributed by atoms with E-state index in [1.807, 2.05) is 0 Å². The first kappa shape index (κ1) is 86.2. The number of hydrogen-bond donors (Lipinski definition) is 2. The van der Waals surface area contributed by atoms with Gasteiger partial charge in [0.05, 0.1) is 13.2 Å². The molecule has 9 nitrogen and oxygen atoms in total. The van der Waals surface area contributed by atoms with E-state index in [9.17, 15) is 19.0 Å². The fourth-order valence-electron chi connectivity index (χ4n) is 11.2. The molecule has 2 unspecified atom stereocenters. The van der Waals surface area contributed by atoms with Crippen molar-refractivity contribution in [3.05, 3.63) is 85.1 Å². The van der Waals surface area contributed by atoms with Crippen LogP contribution in [0.5, 0.6) is 0 Å². The van der Waals surface area contributed by atoms with E-state index >= 15 is 0 Å². The van der Waals surface area contributed by atoms with Gasteiger partial charge in [-0.2, -0.15) is 0 Å². The molecule has 0 aromatic carbocycles. The average molecular weight is 1270 g/mol. The maximum atomic E-state index is 12.8. The molecule has 0 aromatic heterocycles. The number of phosphoric ester groups is 1. The molecule has 0 heterocycles. The van der Waals surface area contributed by atoms with E-state index in [4.69, 9.17) is 24.3 Å². The van der Waals surface area contributed by atoms with Gasteiger partial charge in [-0.1, -0.05) is 356 Å². The Morgan fingerprint density at radius 1 is 0.348 bits per heavy atom. The molecule has 0 bridgehead atoms. The molecule has 0 saturated carbocycles. The lowest BCUT2D eigenvalue weighted by atomic mass is 10.0.